The van der Waals surface area contributed by atoms with E-state index in [1.165, 1.54) is 5.06 Å². The van der Waals surface area contributed by atoms with Gasteiger partial charge in [0.1, 0.15) is 24.7 Å². The molecule has 8 heteroatoms. The molecule has 0 radical (unpaired) electrons. The van der Waals surface area contributed by atoms with Crippen molar-refractivity contribution < 1.29 is 23.8 Å². The molecule has 2 aliphatic rings. The zero-order valence-corrected chi connectivity index (χ0v) is 19.7. The van der Waals surface area contributed by atoms with E-state index < -0.39 is 5.91 Å². The largest absolute Gasteiger partial charge is 0.490 e. The van der Waals surface area contributed by atoms with Crippen molar-refractivity contribution in [1.29, 1.82) is 5.41 Å². The summed E-state index contributed by atoms with van der Waals surface area (Å²) in [6.07, 6.45) is 3.21. The molecule has 0 spiro atoms. The Bertz CT molecular complexity index is 1210. The van der Waals surface area contributed by atoms with Crippen molar-refractivity contribution in [3.8, 4) is 17.2 Å². The number of nitrogens with one attached hydrogen (secondary N) is 1. The number of rotatable bonds is 8. The van der Waals surface area contributed by atoms with Crippen LogP contribution in [-0.4, -0.2) is 42.5 Å². The van der Waals surface area contributed by atoms with Crippen LogP contribution in [0.15, 0.2) is 58.8 Å². The van der Waals surface area contributed by atoms with E-state index in [0.29, 0.717) is 48.5 Å². The van der Waals surface area contributed by atoms with E-state index in [1.807, 2.05) is 39.0 Å². The molecule has 0 fully saturated rings. The van der Waals surface area contributed by atoms with Crippen LogP contribution in [0, 0.1) is 19.3 Å². The van der Waals surface area contributed by atoms with E-state index >= 15 is 0 Å². The first-order valence-corrected chi connectivity index (χ1v) is 11.1. The van der Waals surface area contributed by atoms with Gasteiger partial charge in [0.05, 0.1) is 12.2 Å². The van der Waals surface area contributed by atoms with E-state index in [2.05, 4.69) is 4.99 Å². The number of hydrogen-bond donors (Lipinski definition) is 1. The van der Waals surface area contributed by atoms with Gasteiger partial charge in [0.15, 0.2) is 23.2 Å². The Morgan fingerprint density at radius 2 is 1.76 bits per heavy atom. The van der Waals surface area contributed by atoms with E-state index in [1.54, 1.807) is 37.3 Å². The highest BCUT2D eigenvalue weighted by atomic mass is 16.7. The van der Waals surface area contributed by atoms with Gasteiger partial charge in [-0.1, -0.05) is 24.3 Å². The molecule has 0 atom stereocenters. The first kappa shape index (κ1) is 23.1. The molecule has 2 aliphatic heterocycles. The number of ether oxygens (including phenoxy) is 3. The Kier molecular flexibility index (Phi) is 6.67. The first-order valence-electron chi connectivity index (χ1n) is 11.1. The predicted octanol–water partition coefficient (Wildman–Crippen LogP) is 4.61. The number of aliphatic imine (C=N–C) groups is 1. The van der Waals surface area contributed by atoms with Crippen molar-refractivity contribution in [3.05, 3.63) is 70.5 Å². The van der Waals surface area contributed by atoms with Gasteiger partial charge in [-0.15, -0.1) is 5.06 Å². The number of nitrogens with zero attached hydrogens (tertiary/aromatic N) is 2. The van der Waals surface area contributed by atoms with Crippen LogP contribution < -0.4 is 14.2 Å². The second-order valence-corrected chi connectivity index (χ2v) is 7.88. The van der Waals surface area contributed by atoms with Crippen molar-refractivity contribution in [2.45, 2.75) is 27.7 Å². The summed E-state index contributed by atoms with van der Waals surface area (Å²) in [4.78, 5) is 22.0. The van der Waals surface area contributed by atoms with E-state index in [-0.39, 0.29) is 11.4 Å². The van der Waals surface area contributed by atoms with Crippen LogP contribution in [0.3, 0.4) is 0 Å². The number of para-hydroxylation sites is 1. The van der Waals surface area contributed by atoms with Crippen LogP contribution in [-0.2, 0) is 9.63 Å². The number of carbonyl (C=O) groups excluding carboxylic acids is 1. The lowest BCUT2D eigenvalue weighted by Crippen LogP contribution is -2.38. The number of hydroxylamine groups is 2. The maximum Gasteiger partial charge on any atom is 0.282 e. The Labute approximate surface area is 198 Å². The minimum Gasteiger partial charge on any atom is -0.490 e. The van der Waals surface area contributed by atoms with Crippen molar-refractivity contribution in [1.82, 2.24) is 5.06 Å². The molecule has 1 amide bonds. The number of allylic oxidation sites excluding steroid dienone is 1. The van der Waals surface area contributed by atoms with Gasteiger partial charge >= 0.3 is 0 Å². The van der Waals surface area contributed by atoms with E-state index in [9.17, 15) is 4.79 Å². The van der Waals surface area contributed by atoms with Crippen LogP contribution in [0.1, 0.15) is 30.5 Å². The Hall–Kier alpha value is -4.07. The minimum atomic E-state index is -0.493. The van der Waals surface area contributed by atoms with Crippen LogP contribution >= 0.6 is 0 Å². The number of amides is 1. The van der Waals surface area contributed by atoms with Crippen molar-refractivity contribution in [2.24, 2.45) is 4.99 Å². The molecule has 0 aliphatic carbocycles. The highest BCUT2D eigenvalue weighted by molar-refractivity contribution is 6.32. The summed E-state index contributed by atoms with van der Waals surface area (Å²) in [6, 6.07) is 11.4. The molecule has 0 bridgehead atoms. The number of aryl methyl sites for hydroxylation is 2. The summed E-state index contributed by atoms with van der Waals surface area (Å²) in [5.41, 5.74) is 2.97. The van der Waals surface area contributed by atoms with E-state index in [4.69, 9.17) is 24.5 Å². The normalized spacial score (nSPS) is 16.1. The highest BCUT2D eigenvalue weighted by Crippen LogP contribution is 2.31. The van der Waals surface area contributed by atoms with Gasteiger partial charge in [-0.2, -0.15) is 4.99 Å². The molecule has 0 aromatic heterocycles. The van der Waals surface area contributed by atoms with Crippen LogP contribution in [0.4, 0.5) is 0 Å². The number of fused-ring (bicyclic) bond motifs is 1. The second kappa shape index (κ2) is 9.82. The molecule has 0 saturated carbocycles. The fourth-order valence-corrected chi connectivity index (χ4v) is 3.69. The third-order valence-electron chi connectivity index (χ3n) is 5.26. The summed E-state index contributed by atoms with van der Waals surface area (Å²) in [7, 11) is 0. The third-order valence-corrected chi connectivity index (χ3v) is 5.26. The fraction of sp³-hybridized carbons (Fsp3) is 0.269. The van der Waals surface area contributed by atoms with Crippen LogP contribution in [0.5, 0.6) is 17.2 Å². The Morgan fingerprint density at radius 3 is 2.50 bits per heavy atom. The lowest BCUT2D eigenvalue weighted by atomic mass is 10.1. The summed E-state index contributed by atoms with van der Waals surface area (Å²) in [6.45, 7) is 8.83. The third kappa shape index (κ3) is 4.80. The van der Waals surface area contributed by atoms with Gasteiger partial charge in [0.2, 0.25) is 0 Å². The average molecular weight is 462 g/mol. The van der Waals surface area contributed by atoms with Crippen molar-refractivity contribution in [3.63, 3.8) is 0 Å². The SMILES string of the molecule is CCOc1cc(/C=C2\C(=N)N3OC(C)=CC3=NC2=O)ccc1OCCOc1c(C)cccc1C. The number of benzene rings is 2. The zero-order chi connectivity index (χ0) is 24.2. The lowest BCUT2D eigenvalue weighted by molar-refractivity contribution is -0.114. The van der Waals surface area contributed by atoms with Gasteiger partial charge in [-0.25, -0.2) is 0 Å². The van der Waals surface area contributed by atoms with Gasteiger partial charge in [0.25, 0.3) is 5.91 Å². The minimum absolute atomic E-state index is 0.0648. The lowest BCUT2D eigenvalue weighted by Gasteiger charge is -2.23. The number of carbonyl (C=O) groups is 1. The molecule has 2 heterocycles. The summed E-state index contributed by atoms with van der Waals surface area (Å²) in [5.74, 6) is 2.31. The first-order chi connectivity index (χ1) is 16.4. The smallest absolute Gasteiger partial charge is 0.282 e. The Balaban J connectivity index is 1.46. The van der Waals surface area contributed by atoms with Crippen molar-refractivity contribution in [2.75, 3.05) is 19.8 Å². The summed E-state index contributed by atoms with van der Waals surface area (Å²) < 4.78 is 17.6. The quantitative estimate of drug-likeness (QED) is 0.456. The van der Waals surface area contributed by atoms with Crippen LogP contribution in [0.25, 0.3) is 6.08 Å². The molecular weight excluding hydrogens is 434 g/mol. The summed E-state index contributed by atoms with van der Waals surface area (Å²) >= 11 is 0. The molecule has 2 aromatic rings. The van der Waals surface area contributed by atoms with Crippen molar-refractivity contribution >= 4 is 23.7 Å². The summed E-state index contributed by atoms with van der Waals surface area (Å²) in [5, 5.41) is 9.60. The maximum atomic E-state index is 12.5. The standard InChI is InChI=1S/C26H27N3O5/c1-5-31-22-15-19(14-20-25(27)29-23(28-26(20)30)13-18(4)34-29)9-10-21(22)32-11-12-33-24-16(2)7-6-8-17(24)3/h6-10,13-15,27H,5,11-12H2,1-4H3/b20-14+,27-25?. The zero-order valence-electron chi connectivity index (χ0n) is 19.7. The average Bonchev–Trinajstić information content (AvgIpc) is 3.17. The molecule has 0 saturated heterocycles. The van der Waals surface area contributed by atoms with Gasteiger partial charge in [0, 0.05) is 6.08 Å². The molecule has 34 heavy (non-hydrogen) atoms. The molecule has 0 unspecified atom stereocenters. The highest BCUT2D eigenvalue weighted by Gasteiger charge is 2.34. The molecular formula is C26H27N3O5. The molecule has 2 aromatic carbocycles. The van der Waals surface area contributed by atoms with Gasteiger partial charge in [-0.3, -0.25) is 10.2 Å². The molecule has 1 N–H and O–H groups in total. The predicted molar refractivity (Wildman–Crippen MR) is 129 cm³/mol. The van der Waals surface area contributed by atoms with Gasteiger partial charge < -0.3 is 19.0 Å². The molecule has 4 rings (SSSR count). The number of amidine groups is 2. The monoisotopic (exact) mass is 461 g/mol. The number of hydrogen-bond acceptors (Lipinski definition) is 6. The molecule has 8 nitrogen and oxygen atoms in total. The van der Waals surface area contributed by atoms with Gasteiger partial charge in [-0.05, 0) is 62.6 Å². The topological polar surface area (TPSA) is 93.4 Å². The maximum absolute atomic E-state index is 12.5. The Morgan fingerprint density at radius 1 is 1.03 bits per heavy atom. The second-order valence-electron chi connectivity index (χ2n) is 7.88. The van der Waals surface area contributed by atoms with Crippen LogP contribution in [0.2, 0.25) is 0 Å². The fourth-order valence-electron chi connectivity index (χ4n) is 3.69. The molecule has 176 valence electrons. The van der Waals surface area contributed by atoms with E-state index in [0.717, 1.165) is 16.9 Å².